The molecule has 1 aliphatic rings. The molecule has 1 aromatic heterocycles. The second-order valence-corrected chi connectivity index (χ2v) is 13.0. The van der Waals surface area contributed by atoms with Crippen LogP contribution in [0.25, 0.3) is 6.08 Å². The summed E-state index contributed by atoms with van der Waals surface area (Å²) in [5.41, 5.74) is 2.28. The van der Waals surface area contributed by atoms with E-state index in [-0.39, 0.29) is 10.7 Å². The summed E-state index contributed by atoms with van der Waals surface area (Å²) in [6.07, 6.45) is 6.15. The highest BCUT2D eigenvalue weighted by atomic mass is 35.5. The van der Waals surface area contributed by atoms with E-state index in [9.17, 15) is 14.7 Å². The third kappa shape index (κ3) is 7.53. The predicted octanol–water partition coefficient (Wildman–Crippen LogP) is 8.89. The van der Waals surface area contributed by atoms with Crippen LogP contribution in [0.4, 0.5) is 5.13 Å². The Bertz CT molecular complexity index is 1690. The first-order valence-corrected chi connectivity index (χ1v) is 16.6. The Morgan fingerprint density at radius 1 is 1.07 bits per heavy atom. The molecule has 1 aliphatic heterocycles. The summed E-state index contributed by atoms with van der Waals surface area (Å²) in [7, 11) is 0. The van der Waals surface area contributed by atoms with E-state index in [0.717, 1.165) is 30.4 Å². The fraction of sp³-hybridized carbons (Fsp3) is 0.212. The molecule has 5 rings (SSSR count). The molecule has 3 aromatic carbocycles. The monoisotopic (exact) mass is 665 g/mol. The number of anilines is 1. The quantitative estimate of drug-likeness (QED) is 0.0660. The average molecular weight is 667 g/mol. The first-order valence-electron chi connectivity index (χ1n) is 14.0. The molecule has 0 spiro atoms. The van der Waals surface area contributed by atoms with Crippen LogP contribution in [0.2, 0.25) is 10.0 Å². The van der Waals surface area contributed by atoms with E-state index >= 15 is 0 Å². The highest BCUT2D eigenvalue weighted by molar-refractivity contribution is 8.00. The van der Waals surface area contributed by atoms with Gasteiger partial charge in [-0.15, -0.1) is 10.2 Å². The summed E-state index contributed by atoms with van der Waals surface area (Å²) in [5.74, 6) is -0.626. The lowest BCUT2D eigenvalue weighted by Gasteiger charge is -2.24. The van der Waals surface area contributed by atoms with E-state index in [2.05, 4.69) is 17.1 Å². The minimum Gasteiger partial charge on any atom is -0.503 e. The van der Waals surface area contributed by atoms with Crippen molar-refractivity contribution in [3.63, 3.8) is 0 Å². The number of carbonyl (C=O) groups excluding carboxylic acids is 2. The first-order chi connectivity index (χ1) is 21.4. The zero-order valence-corrected chi connectivity index (χ0v) is 26.9. The average Bonchev–Trinajstić information content (AvgIpc) is 3.60. The van der Waals surface area contributed by atoms with E-state index in [4.69, 9.17) is 27.9 Å². The highest BCUT2D eigenvalue weighted by Crippen LogP contribution is 2.44. The lowest BCUT2D eigenvalue weighted by atomic mass is 9.95. The van der Waals surface area contributed by atoms with E-state index in [1.807, 2.05) is 36.4 Å². The normalized spacial score (nSPS) is 15.0. The van der Waals surface area contributed by atoms with E-state index in [1.165, 1.54) is 34.1 Å². The van der Waals surface area contributed by atoms with Gasteiger partial charge in [-0.3, -0.25) is 14.5 Å². The number of aliphatic hydroxyl groups excluding tert-OH is 1. The van der Waals surface area contributed by atoms with Crippen molar-refractivity contribution in [2.24, 2.45) is 0 Å². The summed E-state index contributed by atoms with van der Waals surface area (Å²) in [6, 6.07) is 20.9. The number of ether oxygens (including phenoxy) is 1. The molecule has 0 bridgehead atoms. The largest absolute Gasteiger partial charge is 0.503 e. The summed E-state index contributed by atoms with van der Waals surface area (Å²) < 4.78 is 6.46. The Kier molecular flexibility index (Phi) is 10.8. The third-order valence-corrected chi connectivity index (χ3v) is 9.57. The number of unbranched alkanes of at least 4 members (excludes halogenated alkanes) is 2. The van der Waals surface area contributed by atoms with Gasteiger partial charge in [-0.25, -0.2) is 0 Å². The molecule has 1 unspecified atom stereocenters. The third-order valence-electron chi connectivity index (χ3n) is 6.88. The molecule has 2 heterocycles. The van der Waals surface area contributed by atoms with Crippen molar-refractivity contribution >= 4 is 69.2 Å². The van der Waals surface area contributed by atoms with Crippen LogP contribution in [0.15, 0.2) is 94.5 Å². The Hall–Kier alpha value is -3.63. The van der Waals surface area contributed by atoms with E-state index < -0.39 is 23.5 Å². The number of thioether (sulfide) groups is 1. The van der Waals surface area contributed by atoms with Crippen molar-refractivity contribution in [3.05, 3.63) is 117 Å². The first kappa shape index (κ1) is 31.8. The fourth-order valence-corrected chi connectivity index (χ4v) is 7.05. The Balaban J connectivity index is 1.43. The molecular formula is C33H29Cl2N3O4S2. The minimum absolute atomic E-state index is 0.0313. The van der Waals surface area contributed by atoms with Crippen molar-refractivity contribution in [3.8, 4) is 5.75 Å². The van der Waals surface area contributed by atoms with Gasteiger partial charge in [0.2, 0.25) is 5.13 Å². The highest BCUT2D eigenvalue weighted by Gasteiger charge is 2.45. The van der Waals surface area contributed by atoms with E-state index in [1.54, 1.807) is 42.5 Å². The number of nitrogens with zero attached hydrogens (tertiary/aromatic N) is 3. The number of rotatable bonds is 13. The van der Waals surface area contributed by atoms with Crippen LogP contribution >= 0.6 is 46.3 Å². The molecule has 7 nitrogen and oxygen atoms in total. The summed E-state index contributed by atoms with van der Waals surface area (Å²) >= 11 is 14.9. The van der Waals surface area contributed by atoms with Crippen LogP contribution in [0.1, 0.15) is 48.9 Å². The van der Waals surface area contributed by atoms with Crippen LogP contribution in [-0.2, 0) is 15.3 Å². The molecule has 44 heavy (non-hydrogen) atoms. The van der Waals surface area contributed by atoms with Gasteiger partial charge in [0.1, 0.15) is 5.75 Å². The minimum atomic E-state index is -0.916. The number of allylic oxidation sites excluding steroid dienone is 1. The van der Waals surface area contributed by atoms with Crippen LogP contribution in [0.5, 0.6) is 5.75 Å². The molecule has 0 saturated heterocycles. The number of hydrogen-bond acceptors (Lipinski definition) is 8. The molecule has 0 radical (unpaired) electrons. The molecule has 0 saturated carbocycles. The summed E-state index contributed by atoms with van der Waals surface area (Å²) in [5, 5.41) is 21.0. The summed E-state index contributed by atoms with van der Waals surface area (Å²) in [6.45, 7) is 2.73. The standard InChI is InChI=1S/C33H29Cl2N3O4S2/c1-2-3-7-18-42-25-15-12-22(13-16-25)29-28(27(39)17-10-21-8-5-4-6-9-21)30(40)31(41)38(29)32-36-37-33(44-32)43-20-23-11-14-24(34)19-26(23)35/h4-6,8-17,19,29,40H,2-3,7,18,20H2,1H3. The maximum atomic E-state index is 13.6. The summed E-state index contributed by atoms with van der Waals surface area (Å²) in [4.78, 5) is 28.4. The van der Waals surface area contributed by atoms with Crippen molar-refractivity contribution < 1.29 is 19.4 Å². The SMILES string of the molecule is CCCCCOc1ccc(C2C(C(=O)C=Cc3ccccc3)=C(O)C(=O)N2c2nnc(SCc3ccc(Cl)cc3Cl)s2)cc1. The number of amides is 1. The van der Waals surface area contributed by atoms with Gasteiger partial charge < -0.3 is 9.84 Å². The van der Waals surface area contributed by atoms with Crippen LogP contribution in [0.3, 0.4) is 0 Å². The van der Waals surface area contributed by atoms with Gasteiger partial charge >= 0.3 is 0 Å². The molecule has 226 valence electrons. The number of aliphatic hydroxyl groups is 1. The second kappa shape index (κ2) is 14.9. The van der Waals surface area contributed by atoms with Crippen molar-refractivity contribution in [1.82, 2.24) is 10.2 Å². The number of benzene rings is 3. The lowest BCUT2D eigenvalue weighted by molar-refractivity contribution is -0.117. The Morgan fingerprint density at radius 3 is 2.57 bits per heavy atom. The van der Waals surface area contributed by atoms with Crippen LogP contribution in [0, 0.1) is 0 Å². The molecular weight excluding hydrogens is 637 g/mol. The molecule has 0 fully saturated rings. The number of halogens is 2. The molecule has 0 aliphatic carbocycles. The lowest BCUT2D eigenvalue weighted by Crippen LogP contribution is -2.30. The van der Waals surface area contributed by atoms with Gasteiger partial charge in [0.05, 0.1) is 18.2 Å². The van der Waals surface area contributed by atoms with Gasteiger partial charge in [-0.2, -0.15) is 0 Å². The van der Waals surface area contributed by atoms with Gasteiger partial charge in [0.15, 0.2) is 15.9 Å². The van der Waals surface area contributed by atoms with Crippen molar-refractivity contribution in [2.75, 3.05) is 11.5 Å². The number of hydrogen-bond donors (Lipinski definition) is 1. The van der Waals surface area contributed by atoms with Gasteiger partial charge in [0, 0.05) is 15.8 Å². The van der Waals surface area contributed by atoms with Gasteiger partial charge in [-0.1, -0.05) is 121 Å². The number of carbonyl (C=O) groups is 2. The Morgan fingerprint density at radius 2 is 1.84 bits per heavy atom. The molecule has 1 atom stereocenters. The van der Waals surface area contributed by atoms with Crippen LogP contribution in [-0.4, -0.2) is 33.6 Å². The fourth-order valence-electron chi connectivity index (χ4n) is 4.62. The molecule has 4 aromatic rings. The van der Waals surface area contributed by atoms with Gasteiger partial charge in [0.25, 0.3) is 5.91 Å². The second-order valence-electron chi connectivity index (χ2n) is 9.95. The maximum Gasteiger partial charge on any atom is 0.296 e. The smallest absolute Gasteiger partial charge is 0.296 e. The molecule has 1 amide bonds. The number of ketones is 1. The zero-order chi connectivity index (χ0) is 31.1. The number of aromatic nitrogens is 2. The van der Waals surface area contributed by atoms with Gasteiger partial charge in [-0.05, 0) is 53.5 Å². The van der Waals surface area contributed by atoms with Crippen molar-refractivity contribution in [2.45, 2.75) is 42.3 Å². The Labute approximate surface area is 274 Å². The molecule has 11 heteroatoms. The maximum absolute atomic E-state index is 13.6. The van der Waals surface area contributed by atoms with Crippen molar-refractivity contribution in [1.29, 1.82) is 0 Å². The molecule has 1 N–H and O–H groups in total. The predicted molar refractivity (Wildman–Crippen MR) is 178 cm³/mol. The zero-order valence-electron chi connectivity index (χ0n) is 23.8. The van der Waals surface area contributed by atoms with Crippen LogP contribution < -0.4 is 9.64 Å². The van der Waals surface area contributed by atoms with E-state index in [0.29, 0.717) is 38.1 Å². The topological polar surface area (TPSA) is 92.6 Å².